The van der Waals surface area contributed by atoms with Crippen molar-refractivity contribution in [2.45, 2.75) is 13.3 Å². The fraction of sp³-hybridized carbons (Fsp3) is 0.333. The molecule has 0 atom stereocenters. The smallest absolute Gasteiger partial charge is 0.335 e. The highest BCUT2D eigenvalue weighted by Gasteiger charge is 2.16. The average Bonchev–Trinajstić information content (AvgIpc) is 2.36. The average molecular weight is 280 g/mol. The van der Waals surface area contributed by atoms with Gasteiger partial charge in [-0.15, -0.1) is 0 Å². The molecule has 5 N–H and O–H groups in total. The molecule has 0 spiro atoms. The summed E-state index contributed by atoms with van der Waals surface area (Å²) in [5.41, 5.74) is 10.7. The van der Waals surface area contributed by atoms with E-state index in [1.807, 2.05) is 6.92 Å². The van der Waals surface area contributed by atoms with Crippen LogP contribution in [-0.4, -0.2) is 41.0 Å². The normalized spacial score (nSPS) is 10.1. The van der Waals surface area contributed by atoms with Gasteiger partial charge in [-0.05, 0) is 18.6 Å². The number of aryl methyl sites for hydroxylation is 1. The zero-order valence-corrected chi connectivity index (χ0v) is 11.0. The zero-order chi connectivity index (χ0) is 15.3. The lowest BCUT2D eigenvalue weighted by atomic mass is 10.2. The number of carboxylic acids is 1. The molecule has 1 rings (SSSR count). The first-order chi connectivity index (χ1) is 9.33. The SMILES string of the molecule is CCc1cc(C(=O)O)cc(N(CC(N)=O)CC(N)=O)n1. The Kier molecular flexibility index (Phi) is 5.01. The molecule has 0 aliphatic carbocycles. The number of hydrogen-bond donors (Lipinski definition) is 3. The van der Waals surface area contributed by atoms with E-state index in [4.69, 9.17) is 16.6 Å². The molecule has 0 saturated carbocycles. The van der Waals surface area contributed by atoms with Crippen LogP contribution < -0.4 is 16.4 Å². The number of carbonyl (C=O) groups excluding carboxylic acids is 2. The summed E-state index contributed by atoms with van der Waals surface area (Å²) in [5.74, 6) is -2.29. The molecule has 1 heterocycles. The third-order valence-corrected chi connectivity index (χ3v) is 2.49. The van der Waals surface area contributed by atoms with Gasteiger partial charge in [-0.25, -0.2) is 9.78 Å². The minimum absolute atomic E-state index is 0.0193. The Labute approximate surface area is 115 Å². The molecule has 0 fully saturated rings. The highest BCUT2D eigenvalue weighted by molar-refractivity contribution is 5.90. The van der Waals surface area contributed by atoms with Crippen LogP contribution in [0.15, 0.2) is 12.1 Å². The first kappa shape index (κ1) is 15.4. The zero-order valence-electron chi connectivity index (χ0n) is 11.0. The second kappa shape index (κ2) is 6.50. The number of amides is 2. The van der Waals surface area contributed by atoms with Crippen LogP contribution >= 0.6 is 0 Å². The monoisotopic (exact) mass is 280 g/mol. The highest BCUT2D eigenvalue weighted by atomic mass is 16.4. The molecule has 1 aromatic heterocycles. The highest BCUT2D eigenvalue weighted by Crippen LogP contribution is 2.15. The summed E-state index contributed by atoms with van der Waals surface area (Å²) in [7, 11) is 0. The molecular weight excluding hydrogens is 264 g/mol. The van der Waals surface area contributed by atoms with Crippen molar-refractivity contribution in [3.05, 3.63) is 23.4 Å². The van der Waals surface area contributed by atoms with Gasteiger partial charge >= 0.3 is 5.97 Å². The van der Waals surface area contributed by atoms with Crippen molar-refractivity contribution in [2.75, 3.05) is 18.0 Å². The van der Waals surface area contributed by atoms with Gasteiger partial charge in [0.25, 0.3) is 0 Å². The number of anilines is 1. The summed E-state index contributed by atoms with van der Waals surface area (Å²) < 4.78 is 0. The van der Waals surface area contributed by atoms with Gasteiger partial charge in [-0.3, -0.25) is 9.59 Å². The molecular formula is C12H16N4O4. The maximum atomic E-state index is 11.1. The van der Waals surface area contributed by atoms with Crippen LogP contribution in [0.2, 0.25) is 0 Å². The van der Waals surface area contributed by atoms with E-state index in [9.17, 15) is 14.4 Å². The van der Waals surface area contributed by atoms with E-state index in [1.54, 1.807) is 0 Å². The van der Waals surface area contributed by atoms with Gasteiger partial charge in [0.1, 0.15) is 5.82 Å². The van der Waals surface area contributed by atoms with Crippen LogP contribution in [0.1, 0.15) is 23.0 Å². The number of carboxylic acid groups (broad SMARTS) is 1. The number of hydrogen-bond acceptors (Lipinski definition) is 5. The fourth-order valence-electron chi connectivity index (χ4n) is 1.63. The maximum Gasteiger partial charge on any atom is 0.335 e. The van der Waals surface area contributed by atoms with Crippen molar-refractivity contribution < 1.29 is 19.5 Å². The van der Waals surface area contributed by atoms with Crippen molar-refractivity contribution in [1.29, 1.82) is 0 Å². The van der Waals surface area contributed by atoms with Crippen molar-refractivity contribution in [3.8, 4) is 0 Å². The van der Waals surface area contributed by atoms with Crippen molar-refractivity contribution in [3.63, 3.8) is 0 Å². The molecule has 0 aliphatic rings. The van der Waals surface area contributed by atoms with Crippen LogP contribution in [-0.2, 0) is 16.0 Å². The first-order valence-corrected chi connectivity index (χ1v) is 5.89. The molecule has 108 valence electrons. The summed E-state index contributed by atoms with van der Waals surface area (Å²) in [6.45, 7) is 1.26. The molecule has 0 bridgehead atoms. The quantitative estimate of drug-likeness (QED) is 0.592. The number of pyridine rings is 1. The van der Waals surface area contributed by atoms with Gasteiger partial charge in [-0.1, -0.05) is 6.92 Å². The number of aromatic carboxylic acids is 1. The van der Waals surface area contributed by atoms with Crippen LogP contribution in [0.25, 0.3) is 0 Å². The van der Waals surface area contributed by atoms with E-state index in [1.165, 1.54) is 17.0 Å². The van der Waals surface area contributed by atoms with E-state index in [0.717, 1.165) is 0 Å². The van der Waals surface area contributed by atoms with Crippen molar-refractivity contribution in [2.24, 2.45) is 11.5 Å². The third kappa shape index (κ3) is 4.23. The Morgan fingerprint density at radius 3 is 2.15 bits per heavy atom. The van der Waals surface area contributed by atoms with E-state index >= 15 is 0 Å². The topological polar surface area (TPSA) is 140 Å². The standard InChI is InChI=1S/C12H16N4O4/c1-2-8-3-7(12(19)20)4-11(15-8)16(5-9(13)17)6-10(14)18/h3-4H,2,5-6H2,1H3,(H2,13,17)(H2,14,18)(H,19,20). The summed E-state index contributed by atoms with van der Waals surface area (Å²) in [4.78, 5) is 38.5. The molecule has 20 heavy (non-hydrogen) atoms. The van der Waals surface area contributed by atoms with Crippen LogP contribution in [0.3, 0.4) is 0 Å². The van der Waals surface area contributed by atoms with Crippen molar-refractivity contribution >= 4 is 23.6 Å². The Bertz CT molecular complexity index is 528. The molecule has 8 nitrogen and oxygen atoms in total. The lowest BCUT2D eigenvalue weighted by Crippen LogP contribution is -2.40. The Balaban J connectivity index is 3.22. The number of nitrogens with zero attached hydrogens (tertiary/aromatic N) is 2. The van der Waals surface area contributed by atoms with Gasteiger partial charge in [0, 0.05) is 5.69 Å². The molecule has 1 aromatic rings. The number of rotatable bonds is 7. The molecule has 0 aromatic carbocycles. The van der Waals surface area contributed by atoms with E-state index in [-0.39, 0.29) is 24.5 Å². The predicted molar refractivity (Wildman–Crippen MR) is 71.2 cm³/mol. The molecule has 0 unspecified atom stereocenters. The van der Waals surface area contributed by atoms with Crippen LogP contribution in [0.4, 0.5) is 5.82 Å². The number of aromatic nitrogens is 1. The molecule has 0 radical (unpaired) electrons. The number of primary amides is 2. The van der Waals surface area contributed by atoms with Crippen LogP contribution in [0, 0.1) is 0 Å². The maximum absolute atomic E-state index is 11.1. The van der Waals surface area contributed by atoms with Gasteiger partial charge in [0.15, 0.2) is 0 Å². The van der Waals surface area contributed by atoms with E-state index in [2.05, 4.69) is 4.98 Å². The molecule has 2 amide bonds. The lowest BCUT2D eigenvalue weighted by molar-refractivity contribution is -0.117. The Morgan fingerprint density at radius 2 is 1.75 bits per heavy atom. The fourth-order valence-corrected chi connectivity index (χ4v) is 1.63. The summed E-state index contributed by atoms with van der Waals surface area (Å²) >= 11 is 0. The van der Waals surface area contributed by atoms with Crippen molar-refractivity contribution in [1.82, 2.24) is 4.98 Å². The Morgan fingerprint density at radius 1 is 1.20 bits per heavy atom. The van der Waals surface area contributed by atoms with E-state index < -0.39 is 17.8 Å². The minimum Gasteiger partial charge on any atom is -0.478 e. The van der Waals surface area contributed by atoms with Gasteiger partial charge in [-0.2, -0.15) is 0 Å². The molecule has 8 heteroatoms. The Hall–Kier alpha value is -2.64. The third-order valence-electron chi connectivity index (χ3n) is 2.49. The summed E-state index contributed by atoms with van der Waals surface area (Å²) in [5, 5.41) is 9.05. The largest absolute Gasteiger partial charge is 0.478 e. The molecule has 0 aliphatic heterocycles. The van der Waals surface area contributed by atoms with Gasteiger partial charge in [0.05, 0.1) is 18.7 Å². The summed E-state index contributed by atoms with van der Waals surface area (Å²) in [6, 6.07) is 2.70. The molecule has 0 saturated heterocycles. The lowest BCUT2D eigenvalue weighted by Gasteiger charge is -2.21. The minimum atomic E-state index is -1.12. The second-order valence-electron chi connectivity index (χ2n) is 4.15. The van der Waals surface area contributed by atoms with Gasteiger partial charge in [0.2, 0.25) is 11.8 Å². The second-order valence-corrected chi connectivity index (χ2v) is 4.15. The summed E-state index contributed by atoms with van der Waals surface area (Å²) in [6.07, 6.45) is 0.509. The van der Waals surface area contributed by atoms with Gasteiger partial charge < -0.3 is 21.5 Å². The van der Waals surface area contributed by atoms with E-state index in [0.29, 0.717) is 12.1 Å². The predicted octanol–water partition coefficient (Wildman–Crippen LogP) is -0.881. The number of carbonyl (C=O) groups is 3. The number of nitrogens with two attached hydrogens (primary N) is 2. The first-order valence-electron chi connectivity index (χ1n) is 5.89. The van der Waals surface area contributed by atoms with Crippen LogP contribution in [0.5, 0.6) is 0 Å².